The molecule has 13 heavy (non-hydrogen) atoms. The Kier molecular flexibility index (Phi) is 4.05. The van der Waals surface area contributed by atoms with Gasteiger partial charge in [0.25, 0.3) is 0 Å². The van der Waals surface area contributed by atoms with E-state index in [1.54, 1.807) is 0 Å². The van der Waals surface area contributed by atoms with Gasteiger partial charge in [0.15, 0.2) is 0 Å². The fourth-order valence-corrected chi connectivity index (χ4v) is 1.69. The second-order valence-corrected chi connectivity index (χ2v) is 4.23. The summed E-state index contributed by atoms with van der Waals surface area (Å²) in [5.74, 6) is 2.65. The first-order valence-corrected chi connectivity index (χ1v) is 5.29. The van der Waals surface area contributed by atoms with Crippen molar-refractivity contribution in [2.75, 3.05) is 0 Å². The van der Waals surface area contributed by atoms with E-state index < -0.39 is 0 Å². The quantitative estimate of drug-likeness (QED) is 0.553. The van der Waals surface area contributed by atoms with Gasteiger partial charge in [-0.2, -0.15) is 0 Å². The van der Waals surface area contributed by atoms with E-state index >= 15 is 0 Å². The molecule has 0 aliphatic heterocycles. The highest BCUT2D eigenvalue weighted by Gasteiger charge is 2.04. The van der Waals surface area contributed by atoms with E-state index in [1.165, 1.54) is 11.1 Å². The van der Waals surface area contributed by atoms with E-state index in [9.17, 15) is 0 Å². The van der Waals surface area contributed by atoms with E-state index in [4.69, 9.17) is 6.42 Å². The Hall–Kier alpha value is -0.740. The summed E-state index contributed by atoms with van der Waals surface area (Å²) >= 11 is 3.62. The van der Waals surface area contributed by atoms with Crippen molar-refractivity contribution in [1.29, 1.82) is 0 Å². The summed E-state index contributed by atoms with van der Waals surface area (Å²) < 4.78 is 0. The number of aryl methyl sites for hydroxylation is 1. The molecule has 0 fully saturated rings. The molecule has 1 heteroatoms. The monoisotopic (exact) mass is 236 g/mol. The number of hydrogen-bond acceptors (Lipinski definition) is 0. The summed E-state index contributed by atoms with van der Waals surface area (Å²) in [4.78, 5) is 0.393. The van der Waals surface area contributed by atoms with Gasteiger partial charge in [-0.05, 0) is 18.9 Å². The Morgan fingerprint density at radius 3 is 2.54 bits per heavy atom. The number of benzene rings is 1. The summed E-state index contributed by atoms with van der Waals surface area (Å²) in [5.41, 5.74) is 2.60. The maximum Gasteiger partial charge on any atom is 0.0404 e. The Morgan fingerprint density at radius 1 is 1.38 bits per heavy atom. The molecular formula is C12H13Br. The normalized spacial score (nSPS) is 12.1. The van der Waals surface area contributed by atoms with Crippen LogP contribution in [-0.4, -0.2) is 0 Å². The van der Waals surface area contributed by atoms with E-state index in [1.807, 2.05) is 0 Å². The van der Waals surface area contributed by atoms with Gasteiger partial charge in [-0.15, -0.1) is 12.3 Å². The molecule has 0 spiro atoms. The van der Waals surface area contributed by atoms with Crippen molar-refractivity contribution >= 4 is 15.9 Å². The van der Waals surface area contributed by atoms with E-state index in [-0.39, 0.29) is 0 Å². The van der Waals surface area contributed by atoms with E-state index in [2.05, 4.69) is 53.0 Å². The topological polar surface area (TPSA) is 0 Å². The van der Waals surface area contributed by atoms with E-state index in [0.29, 0.717) is 4.83 Å². The predicted octanol–water partition coefficient (Wildman–Crippen LogP) is 3.84. The maximum absolute atomic E-state index is 5.21. The Morgan fingerprint density at radius 2 is 2.00 bits per heavy atom. The van der Waals surface area contributed by atoms with Crippen molar-refractivity contribution in [3.8, 4) is 12.3 Å². The van der Waals surface area contributed by atoms with Gasteiger partial charge in [-0.1, -0.05) is 45.8 Å². The van der Waals surface area contributed by atoms with Crippen molar-refractivity contribution in [2.24, 2.45) is 0 Å². The fraction of sp³-hybridized carbons (Fsp3) is 0.333. The molecule has 0 bridgehead atoms. The van der Waals surface area contributed by atoms with Crippen LogP contribution in [0.25, 0.3) is 0 Å². The predicted molar refractivity (Wildman–Crippen MR) is 60.9 cm³/mol. The molecule has 1 unspecified atom stereocenters. The first kappa shape index (κ1) is 10.3. The van der Waals surface area contributed by atoms with Gasteiger partial charge in [-0.25, -0.2) is 0 Å². The summed E-state index contributed by atoms with van der Waals surface area (Å²) in [5, 5.41) is 0. The van der Waals surface area contributed by atoms with Crippen LogP contribution in [0.15, 0.2) is 24.3 Å². The molecule has 1 atom stereocenters. The van der Waals surface area contributed by atoms with Gasteiger partial charge in [0, 0.05) is 11.2 Å². The third-order valence-electron chi connectivity index (χ3n) is 1.98. The van der Waals surface area contributed by atoms with Crippen LogP contribution in [-0.2, 0) is 0 Å². The smallest absolute Gasteiger partial charge is 0.0404 e. The zero-order valence-corrected chi connectivity index (χ0v) is 9.34. The molecule has 1 rings (SSSR count). The van der Waals surface area contributed by atoms with Gasteiger partial charge in [-0.3, -0.25) is 0 Å². The van der Waals surface area contributed by atoms with Gasteiger partial charge in [0.1, 0.15) is 0 Å². The Balaban J connectivity index is 2.62. The Bertz CT molecular complexity index is 292. The second kappa shape index (κ2) is 5.09. The molecule has 0 amide bonds. The van der Waals surface area contributed by atoms with Crippen molar-refractivity contribution < 1.29 is 0 Å². The zero-order chi connectivity index (χ0) is 9.68. The Labute approximate surface area is 88.5 Å². The number of halogens is 1. The highest BCUT2D eigenvalue weighted by Crippen LogP contribution is 2.27. The largest absolute Gasteiger partial charge is 0.120 e. The number of alkyl halides is 1. The van der Waals surface area contributed by atoms with Gasteiger partial charge < -0.3 is 0 Å². The lowest BCUT2D eigenvalue weighted by molar-refractivity contribution is 0.849. The second-order valence-electron chi connectivity index (χ2n) is 3.12. The highest BCUT2D eigenvalue weighted by atomic mass is 79.9. The number of terminal acetylenes is 1. The average molecular weight is 237 g/mol. The van der Waals surface area contributed by atoms with Crippen LogP contribution in [0.4, 0.5) is 0 Å². The molecule has 1 aromatic carbocycles. The van der Waals surface area contributed by atoms with Crippen LogP contribution >= 0.6 is 15.9 Å². The molecule has 0 nitrogen and oxygen atoms in total. The van der Waals surface area contributed by atoms with Crippen LogP contribution in [0.2, 0.25) is 0 Å². The minimum atomic E-state index is 0.393. The molecule has 68 valence electrons. The molecule has 0 radical (unpaired) electrons. The van der Waals surface area contributed by atoms with Crippen LogP contribution in [0.5, 0.6) is 0 Å². The molecule has 0 aliphatic carbocycles. The summed E-state index contributed by atoms with van der Waals surface area (Å²) in [7, 11) is 0. The fourth-order valence-electron chi connectivity index (χ4n) is 1.15. The van der Waals surface area contributed by atoms with Crippen LogP contribution in [0.1, 0.15) is 28.8 Å². The number of hydrogen-bond donors (Lipinski definition) is 0. The SMILES string of the molecule is C#CCCC(Br)c1ccc(C)cc1. The lowest BCUT2D eigenvalue weighted by Crippen LogP contribution is -1.89. The third-order valence-corrected chi connectivity index (χ3v) is 2.97. The molecular weight excluding hydrogens is 224 g/mol. The highest BCUT2D eigenvalue weighted by molar-refractivity contribution is 9.09. The lowest BCUT2D eigenvalue weighted by Gasteiger charge is -2.07. The minimum absolute atomic E-state index is 0.393. The van der Waals surface area contributed by atoms with Crippen LogP contribution in [0, 0.1) is 19.3 Å². The molecule has 0 aromatic heterocycles. The number of rotatable bonds is 3. The zero-order valence-electron chi connectivity index (χ0n) is 7.76. The molecule has 0 heterocycles. The summed E-state index contributed by atoms with van der Waals surface area (Å²) in [6.07, 6.45) is 7.03. The van der Waals surface area contributed by atoms with Crippen LogP contribution < -0.4 is 0 Å². The molecule has 0 N–H and O–H groups in total. The molecule has 0 saturated carbocycles. The maximum atomic E-state index is 5.21. The summed E-state index contributed by atoms with van der Waals surface area (Å²) in [6.45, 7) is 2.09. The molecule has 0 saturated heterocycles. The van der Waals surface area contributed by atoms with Gasteiger partial charge in [0.2, 0.25) is 0 Å². The molecule has 1 aromatic rings. The first-order valence-electron chi connectivity index (χ1n) is 4.38. The van der Waals surface area contributed by atoms with Crippen LogP contribution in [0.3, 0.4) is 0 Å². The van der Waals surface area contributed by atoms with E-state index in [0.717, 1.165) is 12.8 Å². The van der Waals surface area contributed by atoms with Crippen molar-refractivity contribution in [1.82, 2.24) is 0 Å². The first-order chi connectivity index (χ1) is 6.24. The lowest BCUT2D eigenvalue weighted by atomic mass is 10.1. The third kappa shape index (κ3) is 3.24. The molecule has 0 aliphatic rings. The minimum Gasteiger partial charge on any atom is -0.120 e. The van der Waals surface area contributed by atoms with Crippen molar-refractivity contribution in [2.45, 2.75) is 24.6 Å². The van der Waals surface area contributed by atoms with Gasteiger partial charge >= 0.3 is 0 Å². The average Bonchev–Trinajstić information content (AvgIpc) is 2.15. The van der Waals surface area contributed by atoms with Crippen molar-refractivity contribution in [3.63, 3.8) is 0 Å². The summed E-state index contributed by atoms with van der Waals surface area (Å²) in [6, 6.07) is 8.54. The van der Waals surface area contributed by atoms with Crippen molar-refractivity contribution in [3.05, 3.63) is 35.4 Å². The van der Waals surface area contributed by atoms with Gasteiger partial charge in [0.05, 0.1) is 0 Å². The standard InChI is InChI=1S/C12H13Br/c1-3-4-5-12(13)11-8-6-10(2)7-9-11/h1,6-9,12H,4-5H2,2H3.